The molecule has 1 saturated heterocycles. The molecule has 0 spiro atoms. The van der Waals surface area contributed by atoms with Crippen molar-refractivity contribution in [2.75, 3.05) is 38.0 Å². The van der Waals surface area contributed by atoms with E-state index in [9.17, 15) is 14.4 Å². The highest BCUT2D eigenvalue weighted by Crippen LogP contribution is 2.19. The molecule has 0 atom stereocenters. The highest BCUT2D eigenvalue weighted by Gasteiger charge is 2.23. The van der Waals surface area contributed by atoms with E-state index in [4.69, 9.17) is 11.6 Å². The van der Waals surface area contributed by atoms with E-state index in [1.54, 1.807) is 29.2 Å². The number of Topliss-reactive ketones (excluding diaryl/α,β-unsaturated/α-hetero) is 1. The summed E-state index contributed by atoms with van der Waals surface area (Å²) in [7, 11) is 0. The van der Waals surface area contributed by atoms with Gasteiger partial charge in [-0.3, -0.25) is 19.3 Å². The van der Waals surface area contributed by atoms with E-state index >= 15 is 0 Å². The van der Waals surface area contributed by atoms with Crippen LogP contribution in [0.5, 0.6) is 0 Å². The molecular formula is C24H28ClN3O3. The van der Waals surface area contributed by atoms with Crippen LogP contribution in [0.25, 0.3) is 0 Å². The van der Waals surface area contributed by atoms with Crippen molar-refractivity contribution in [3.05, 3.63) is 64.2 Å². The molecule has 2 aromatic carbocycles. The second-order valence-electron chi connectivity index (χ2n) is 7.90. The number of nitrogens with zero attached hydrogens (tertiary/aromatic N) is 2. The van der Waals surface area contributed by atoms with E-state index in [1.807, 2.05) is 36.9 Å². The molecule has 2 aromatic rings. The topological polar surface area (TPSA) is 69.7 Å². The lowest BCUT2D eigenvalue weighted by atomic mass is 10.1. The third-order valence-electron chi connectivity index (χ3n) is 5.57. The Balaban J connectivity index is 1.41. The number of amides is 2. The first-order valence-electron chi connectivity index (χ1n) is 10.5. The van der Waals surface area contributed by atoms with Crippen molar-refractivity contribution >= 4 is 34.9 Å². The number of hydrogen-bond donors (Lipinski definition) is 1. The summed E-state index contributed by atoms with van der Waals surface area (Å²) in [4.78, 5) is 41.0. The van der Waals surface area contributed by atoms with Gasteiger partial charge in [0.2, 0.25) is 11.8 Å². The minimum Gasteiger partial charge on any atom is -0.340 e. The van der Waals surface area contributed by atoms with Crippen LogP contribution in [-0.2, 0) is 9.59 Å². The number of nitrogens with one attached hydrogen (secondary N) is 1. The standard InChI is InChI=1S/C24H28ClN3O3/c1-17-4-3-5-18(2)24(17)26-22(30)16-27-12-14-28(15-13-27)23(31)11-10-21(29)19-6-8-20(25)9-7-19/h3-9H,10-16H2,1-2H3,(H,26,30). The van der Waals surface area contributed by atoms with E-state index in [1.165, 1.54) is 0 Å². The molecule has 1 heterocycles. The molecule has 7 heteroatoms. The molecule has 1 aliphatic rings. The van der Waals surface area contributed by atoms with Crippen molar-refractivity contribution < 1.29 is 14.4 Å². The Labute approximate surface area is 188 Å². The van der Waals surface area contributed by atoms with Gasteiger partial charge in [-0.25, -0.2) is 0 Å². The van der Waals surface area contributed by atoms with Crippen LogP contribution in [-0.4, -0.2) is 60.1 Å². The second-order valence-corrected chi connectivity index (χ2v) is 8.34. The number of carbonyl (C=O) groups excluding carboxylic acids is 3. The van der Waals surface area contributed by atoms with Gasteiger partial charge in [-0.15, -0.1) is 0 Å². The van der Waals surface area contributed by atoms with E-state index < -0.39 is 0 Å². The number of aryl methyl sites for hydroxylation is 2. The summed E-state index contributed by atoms with van der Waals surface area (Å²) in [5.74, 6) is -0.139. The molecule has 0 aliphatic carbocycles. The van der Waals surface area contributed by atoms with Crippen LogP contribution in [0.1, 0.15) is 34.3 Å². The number of piperazine rings is 1. The molecule has 0 radical (unpaired) electrons. The number of halogens is 1. The zero-order chi connectivity index (χ0) is 22.4. The third kappa shape index (κ3) is 6.39. The van der Waals surface area contributed by atoms with E-state index in [0.717, 1.165) is 16.8 Å². The molecule has 0 unspecified atom stereocenters. The SMILES string of the molecule is Cc1cccc(C)c1NC(=O)CN1CCN(C(=O)CCC(=O)c2ccc(Cl)cc2)CC1. The zero-order valence-electron chi connectivity index (χ0n) is 18.0. The van der Waals surface area contributed by atoms with Crippen LogP contribution in [0, 0.1) is 13.8 Å². The van der Waals surface area contributed by atoms with Crippen LogP contribution in [0.2, 0.25) is 5.02 Å². The Bertz CT molecular complexity index is 931. The molecule has 2 amide bonds. The molecule has 0 aromatic heterocycles. The number of carbonyl (C=O) groups is 3. The third-order valence-corrected chi connectivity index (χ3v) is 5.82. The quantitative estimate of drug-likeness (QED) is 0.665. The summed E-state index contributed by atoms with van der Waals surface area (Å²) in [6.45, 7) is 6.64. The monoisotopic (exact) mass is 441 g/mol. The molecule has 0 bridgehead atoms. The highest BCUT2D eigenvalue weighted by atomic mass is 35.5. The predicted octanol–water partition coefficient (Wildman–Crippen LogP) is 3.70. The van der Waals surface area contributed by atoms with Crippen molar-refractivity contribution in [2.45, 2.75) is 26.7 Å². The summed E-state index contributed by atoms with van der Waals surface area (Å²) in [6, 6.07) is 12.6. The summed E-state index contributed by atoms with van der Waals surface area (Å²) < 4.78 is 0. The first-order valence-corrected chi connectivity index (χ1v) is 10.9. The average Bonchev–Trinajstić information content (AvgIpc) is 2.75. The van der Waals surface area contributed by atoms with Crippen molar-refractivity contribution in [1.29, 1.82) is 0 Å². The lowest BCUT2D eigenvalue weighted by Gasteiger charge is -2.34. The Morgan fingerprint density at radius 3 is 2.13 bits per heavy atom. The van der Waals surface area contributed by atoms with Gasteiger partial charge in [0.15, 0.2) is 5.78 Å². The summed E-state index contributed by atoms with van der Waals surface area (Å²) in [5.41, 5.74) is 3.51. The van der Waals surface area contributed by atoms with Gasteiger partial charge in [0.1, 0.15) is 0 Å². The fraction of sp³-hybridized carbons (Fsp3) is 0.375. The number of rotatable bonds is 7. The Morgan fingerprint density at radius 2 is 1.52 bits per heavy atom. The Hall–Kier alpha value is -2.70. The maximum absolute atomic E-state index is 12.5. The molecule has 3 rings (SSSR count). The van der Waals surface area contributed by atoms with Gasteiger partial charge in [0.05, 0.1) is 6.54 Å². The van der Waals surface area contributed by atoms with Gasteiger partial charge < -0.3 is 10.2 Å². The van der Waals surface area contributed by atoms with Crippen LogP contribution in [0.15, 0.2) is 42.5 Å². The molecule has 1 aliphatic heterocycles. The lowest BCUT2D eigenvalue weighted by molar-refractivity contribution is -0.133. The van der Waals surface area contributed by atoms with Gasteiger partial charge in [-0.05, 0) is 49.2 Å². The highest BCUT2D eigenvalue weighted by molar-refractivity contribution is 6.30. The molecule has 1 N–H and O–H groups in total. The Morgan fingerprint density at radius 1 is 0.903 bits per heavy atom. The van der Waals surface area contributed by atoms with E-state index in [2.05, 4.69) is 5.32 Å². The van der Waals surface area contributed by atoms with Gasteiger partial charge in [0.25, 0.3) is 0 Å². The number of benzene rings is 2. The van der Waals surface area contributed by atoms with Crippen molar-refractivity contribution in [3.8, 4) is 0 Å². The van der Waals surface area contributed by atoms with E-state index in [-0.39, 0.29) is 30.4 Å². The molecule has 31 heavy (non-hydrogen) atoms. The largest absolute Gasteiger partial charge is 0.340 e. The van der Waals surface area contributed by atoms with Gasteiger partial charge in [-0.2, -0.15) is 0 Å². The second kappa shape index (κ2) is 10.6. The van der Waals surface area contributed by atoms with Crippen LogP contribution >= 0.6 is 11.6 Å². The smallest absolute Gasteiger partial charge is 0.238 e. The van der Waals surface area contributed by atoms with Crippen LogP contribution in [0.4, 0.5) is 5.69 Å². The fourth-order valence-electron chi connectivity index (χ4n) is 3.71. The maximum Gasteiger partial charge on any atom is 0.238 e. The lowest BCUT2D eigenvalue weighted by Crippen LogP contribution is -2.50. The van der Waals surface area contributed by atoms with Crippen molar-refractivity contribution in [1.82, 2.24) is 9.80 Å². The number of anilines is 1. The van der Waals surface area contributed by atoms with Crippen LogP contribution in [0.3, 0.4) is 0 Å². The summed E-state index contributed by atoms with van der Waals surface area (Å²) in [6.07, 6.45) is 0.368. The zero-order valence-corrected chi connectivity index (χ0v) is 18.7. The van der Waals surface area contributed by atoms with Gasteiger partial charge in [-0.1, -0.05) is 29.8 Å². The average molecular weight is 442 g/mol. The minimum atomic E-state index is -0.0631. The first kappa shape index (κ1) is 23.0. The predicted molar refractivity (Wildman–Crippen MR) is 123 cm³/mol. The molecule has 1 fully saturated rings. The summed E-state index contributed by atoms with van der Waals surface area (Å²) in [5, 5.41) is 3.58. The maximum atomic E-state index is 12.5. The normalized spacial score (nSPS) is 14.4. The summed E-state index contributed by atoms with van der Waals surface area (Å²) >= 11 is 5.84. The number of hydrogen-bond acceptors (Lipinski definition) is 4. The molecule has 164 valence electrons. The van der Waals surface area contributed by atoms with Crippen LogP contribution < -0.4 is 5.32 Å². The Kier molecular flexibility index (Phi) is 7.82. The van der Waals surface area contributed by atoms with E-state index in [0.29, 0.717) is 43.3 Å². The number of ketones is 1. The van der Waals surface area contributed by atoms with Crippen molar-refractivity contribution in [2.24, 2.45) is 0 Å². The van der Waals surface area contributed by atoms with Gasteiger partial charge >= 0.3 is 0 Å². The van der Waals surface area contributed by atoms with Gasteiger partial charge in [0, 0.05) is 55.3 Å². The first-order chi connectivity index (χ1) is 14.8. The number of para-hydroxylation sites is 1. The van der Waals surface area contributed by atoms with Crippen molar-refractivity contribution in [3.63, 3.8) is 0 Å². The fourth-order valence-corrected chi connectivity index (χ4v) is 3.83. The molecule has 0 saturated carbocycles. The minimum absolute atomic E-state index is 0.0260. The molecular weight excluding hydrogens is 414 g/mol. The molecule has 6 nitrogen and oxygen atoms in total.